The number of carboxylic acid groups (broad SMARTS) is 1. The second kappa shape index (κ2) is 6.47. The Bertz CT molecular complexity index is 589. The number of hydrogen-bond donors (Lipinski definition) is 2. The number of amides is 1. The third-order valence-corrected chi connectivity index (χ3v) is 4.80. The monoisotopic (exact) mass is 340 g/mol. The predicted octanol–water partition coefficient (Wildman–Crippen LogP) is 3.00. The molecule has 2 rings (SSSR count). The van der Waals surface area contributed by atoms with Gasteiger partial charge in [-0.2, -0.15) is 0 Å². The van der Waals surface area contributed by atoms with Crippen molar-refractivity contribution in [3.8, 4) is 0 Å². The molecule has 1 amide bonds. The minimum atomic E-state index is -0.990. The van der Waals surface area contributed by atoms with Gasteiger partial charge < -0.3 is 15.2 Å². The molecule has 0 aromatic carbocycles. The molecule has 1 saturated carbocycles. The number of aryl methyl sites for hydroxylation is 1. The molecule has 1 aromatic rings. The summed E-state index contributed by atoms with van der Waals surface area (Å²) in [6.07, 6.45) is 3.28. The van der Waals surface area contributed by atoms with E-state index >= 15 is 0 Å². The van der Waals surface area contributed by atoms with E-state index in [1.165, 1.54) is 11.3 Å². The van der Waals surface area contributed by atoms with Crippen molar-refractivity contribution in [2.75, 3.05) is 6.54 Å². The lowest BCUT2D eigenvalue weighted by molar-refractivity contribution is -0.150. The van der Waals surface area contributed by atoms with Gasteiger partial charge in [-0.15, -0.1) is 11.3 Å². The lowest BCUT2D eigenvalue weighted by atomic mass is 9.79. The van der Waals surface area contributed by atoms with Gasteiger partial charge in [-0.25, -0.2) is 9.78 Å². The molecule has 6 nitrogen and oxygen atoms in total. The van der Waals surface area contributed by atoms with Gasteiger partial charge in [-0.1, -0.05) is 0 Å². The minimum absolute atomic E-state index is 0.0683. The molecule has 1 aliphatic rings. The van der Waals surface area contributed by atoms with Gasteiger partial charge in [0.2, 0.25) is 0 Å². The standard InChI is InChI=1S/C16H24N2O4S/c1-10-17-8-12(23-10)7-16(13(19)20,11-5-6-11)9-18-14(21)22-15(2,3)4/h8,11H,5-7,9H2,1-4H3,(H,18,21)(H,19,20). The van der Waals surface area contributed by atoms with Crippen LogP contribution in [-0.2, 0) is 16.0 Å². The number of aromatic nitrogens is 1. The van der Waals surface area contributed by atoms with E-state index in [-0.39, 0.29) is 12.5 Å². The van der Waals surface area contributed by atoms with Crippen molar-refractivity contribution >= 4 is 23.4 Å². The van der Waals surface area contributed by atoms with Gasteiger partial charge >= 0.3 is 12.1 Å². The van der Waals surface area contributed by atoms with Crippen molar-refractivity contribution in [3.63, 3.8) is 0 Å². The predicted molar refractivity (Wildman–Crippen MR) is 87.6 cm³/mol. The van der Waals surface area contributed by atoms with Crippen LogP contribution in [0.1, 0.15) is 43.5 Å². The summed E-state index contributed by atoms with van der Waals surface area (Å²) in [5, 5.41) is 13.4. The third-order valence-electron chi connectivity index (χ3n) is 3.89. The summed E-state index contributed by atoms with van der Waals surface area (Å²) in [5.74, 6) is -0.792. The lowest BCUT2D eigenvalue weighted by Crippen LogP contribution is -2.47. The van der Waals surface area contributed by atoms with Crippen molar-refractivity contribution in [2.45, 2.75) is 52.6 Å². The zero-order valence-electron chi connectivity index (χ0n) is 14.0. The molecule has 1 heterocycles. The van der Waals surface area contributed by atoms with Gasteiger partial charge in [-0.05, 0) is 46.5 Å². The molecule has 1 aromatic heterocycles. The number of carbonyl (C=O) groups excluding carboxylic acids is 1. The number of alkyl carbamates (subject to hydrolysis) is 1. The number of rotatable bonds is 6. The number of nitrogens with one attached hydrogen (secondary N) is 1. The number of thiazole rings is 1. The first kappa shape index (κ1) is 17.7. The number of nitrogens with zero attached hydrogens (tertiary/aromatic N) is 1. The fraction of sp³-hybridized carbons (Fsp3) is 0.688. The Morgan fingerprint density at radius 3 is 2.52 bits per heavy atom. The summed E-state index contributed by atoms with van der Waals surface area (Å²) in [4.78, 5) is 29.0. The van der Waals surface area contributed by atoms with E-state index in [0.717, 1.165) is 22.7 Å². The van der Waals surface area contributed by atoms with Crippen molar-refractivity contribution in [1.82, 2.24) is 10.3 Å². The highest BCUT2D eigenvalue weighted by molar-refractivity contribution is 7.11. The molecule has 7 heteroatoms. The van der Waals surface area contributed by atoms with Crippen LogP contribution in [0.5, 0.6) is 0 Å². The summed E-state index contributed by atoms with van der Waals surface area (Å²) in [6.45, 7) is 7.29. The molecule has 0 saturated heterocycles. The molecule has 23 heavy (non-hydrogen) atoms. The average Bonchev–Trinajstić information content (AvgIpc) is 3.17. The van der Waals surface area contributed by atoms with Crippen LogP contribution in [-0.4, -0.2) is 34.3 Å². The molecule has 0 aliphatic heterocycles. The molecule has 1 aliphatic carbocycles. The highest BCUT2D eigenvalue weighted by Gasteiger charge is 2.51. The van der Waals surface area contributed by atoms with E-state index in [1.54, 1.807) is 27.0 Å². The van der Waals surface area contributed by atoms with Gasteiger partial charge in [0.1, 0.15) is 5.60 Å². The van der Waals surface area contributed by atoms with Crippen LogP contribution in [0.4, 0.5) is 4.79 Å². The molecule has 128 valence electrons. The summed E-state index contributed by atoms with van der Waals surface area (Å²) in [7, 11) is 0. The molecule has 0 spiro atoms. The van der Waals surface area contributed by atoms with Crippen LogP contribution in [0.25, 0.3) is 0 Å². The van der Waals surface area contributed by atoms with Crippen LogP contribution in [0.2, 0.25) is 0 Å². The van der Waals surface area contributed by atoms with Crippen LogP contribution >= 0.6 is 11.3 Å². The first-order valence-electron chi connectivity index (χ1n) is 7.74. The Labute approximate surface area is 140 Å². The topological polar surface area (TPSA) is 88.5 Å². The molecule has 1 fully saturated rings. The van der Waals surface area contributed by atoms with Crippen molar-refractivity contribution in [3.05, 3.63) is 16.1 Å². The van der Waals surface area contributed by atoms with E-state index in [4.69, 9.17) is 4.74 Å². The first-order valence-corrected chi connectivity index (χ1v) is 8.55. The Morgan fingerprint density at radius 1 is 1.43 bits per heavy atom. The summed E-state index contributed by atoms with van der Waals surface area (Å²) in [5.41, 5.74) is -1.60. The van der Waals surface area contributed by atoms with Gasteiger partial charge in [0, 0.05) is 24.0 Å². The summed E-state index contributed by atoms with van der Waals surface area (Å²) >= 11 is 1.50. The number of ether oxygens (including phenoxy) is 1. The Hall–Kier alpha value is -1.63. The van der Waals surface area contributed by atoms with Crippen LogP contribution < -0.4 is 5.32 Å². The first-order chi connectivity index (χ1) is 10.6. The number of aliphatic carboxylic acids is 1. The lowest BCUT2D eigenvalue weighted by Gasteiger charge is -2.30. The van der Waals surface area contributed by atoms with Crippen molar-refractivity contribution in [2.24, 2.45) is 11.3 Å². The smallest absolute Gasteiger partial charge is 0.407 e. The second-order valence-electron chi connectivity index (χ2n) is 7.11. The molecule has 2 N–H and O–H groups in total. The molecular formula is C16H24N2O4S. The Balaban J connectivity index is 2.11. The summed E-state index contributed by atoms with van der Waals surface area (Å²) < 4.78 is 5.21. The maximum atomic E-state index is 12.0. The quantitative estimate of drug-likeness (QED) is 0.831. The van der Waals surface area contributed by atoms with Crippen LogP contribution in [0, 0.1) is 18.3 Å². The molecule has 1 atom stereocenters. The van der Waals surface area contributed by atoms with Crippen LogP contribution in [0.3, 0.4) is 0 Å². The third kappa shape index (κ3) is 4.67. The SMILES string of the molecule is Cc1ncc(CC(CNC(=O)OC(C)(C)C)(C(=O)O)C2CC2)s1. The molecule has 1 unspecified atom stereocenters. The molecule has 0 bridgehead atoms. The Kier molecular flexibility index (Phi) is 4.98. The number of hydrogen-bond acceptors (Lipinski definition) is 5. The van der Waals surface area contributed by atoms with E-state index in [0.29, 0.717) is 6.42 Å². The largest absolute Gasteiger partial charge is 0.481 e. The molecule has 0 radical (unpaired) electrons. The van der Waals surface area contributed by atoms with E-state index in [1.807, 2.05) is 6.92 Å². The van der Waals surface area contributed by atoms with Gasteiger partial charge in [0.25, 0.3) is 0 Å². The van der Waals surface area contributed by atoms with Gasteiger partial charge in [-0.3, -0.25) is 4.79 Å². The maximum Gasteiger partial charge on any atom is 0.407 e. The second-order valence-corrected chi connectivity index (χ2v) is 8.43. The van der Waals surface area contributed by atoms with Crippen molar-refractivity contribution in [1.29, 1.82) is 0 Å². The highest BCUT2D eigenvalue weighted by atomic mass is 32.1. The van der Waals surface area contributed by atoms with Gasteiger partial charge in [0.05, 0.1) is 10.4 Å². The van der Waals surface area contributed by atoms with E-state index in [9.17, 15) is 14.7 Å². The minimum Gasteiger partial charge on any atom is -0.481 e. The Morgan fingerprint density at radius 2 is 2.09 bits per heavy atom. The maximum absolute atomic E-state index is 12.0. The normalized spacial score (nSPS) is 17.4. The van der Waals surface area contributed by atoms with Crippen molar-refractivity contribution < 1.29 is 19.4 Å². The average molecular weight is 340 g/mol. The number of carbonyl (C=O) groups is 2. The van der Waals surface area contributed by atoms with E-state index < -0.39 is 23.1 Å². The van der Waals surface area contributed by atoms with Crippen LogP contribution in [0.15, 0.2) is 6.20 Å². The highest BCUT2D eigenvalue weighted by Crippen LogP contribution is 2.48. The number of carboxylic acids is 1. The van der Waals surface area contributed by atoms with Gasteiger partial charge in [0.15, 0.2) is 0 Å². The fourth-order valence-corrected chi connectivity index (χ4v) is 3.57. The molecular weight excluding hydrogens is 316 g/mol. The zero-order chi connectivity index (χ0) is 17.3. The zero-order valence-corrected chi connectivity index (χ0v) is 14.8. The van der Waals surface area contributed by atoms with E-state index in [2.05, 4.69) is 10.3 Å². The fourth-order valence-electron chi connectivity index (χ4n) is 2.65. The summed E-state index contributed by atoms with van der Waals surface area (Å²) in [6, 6.07) is 0.